The Kier molecular flexibility index (Phi) is 5.88. The van der Waals surface area contributed by atoms with E-state index in [9.17, 15) is 18.0 Å². The third-order valence-corrected chi connectivity index (χ3v) is 5.51. The smallest absolute Gasteiger partial charge is 0.354 e. The van der Waals surface area contributed by atoms with Gasteiger partial charge in [0.2, 0.25) is 0 Å². The number of nitrogens with one attached hydrogen (secondary N) is 3. The summed E-state index contributed by atoms with van der Waals surface area (Å²) in [4.78, 5) is 24.0. The molecule has 0 fully saturated rings. The van der Waals surface area contributed by atoms with Crippen LogP contribution in [0.4, 0.5) is 23.8 Å². The average molecular weight is 491 g/mol. The van der Waals surface area contributed by atoms with Crippen LogP contribution >= 0.6 is 0 Å². The molecule has 0 atom stereocenters. The minimum atomic E-state index is -4.55. The first kappa shape index (κ1) is 23.1. The molecule has 0 aliphatic rings. The van der Waals surface area contributed by atoms with Gasteiger partial charge in [-0.15, -0.1) is 0 Å². The topological polar surface area (TPSA) is 101 Å². The number of nitrogens with zero attached hydrogens (tertiary/aromatic N) is 4. The molecule has 4 heterocycles. The number of H-pyrrole nitrogens is 1. The molecule has 0 radical (unpaired) electrons. The van der Waals surface area contributed by atoms with Crippen LogP contribution in [0.25, 0.3) is 39.0 Å². The van der Waals surface area contributed by atoms with Crippen molar-refractivity contribution in [1.29, 1.82) is 0 Å². The zero-order valence-electron chi connectivity index (χ0n) is 19.0. The van der Waals surface area contributed by atoms with E-state index in [1.165, 1.54) is 12.3 Å². The Morgan fingerprint density at radius 3 is 2.61 bits per heavy atom. The van der Waals surface area contributed by atoms with Crippen LogP contribution in [0.3, 0.4) is 0 Å². The molecule has 5 aromatic rings. The Morgan fingerprint density at radius 1 is 1.06 bits per heavy atom. The van der Waals surface area contributed by atoms with Crippen molar-refractivity contribution < 1.29 is 18.0 Å². The van der Waals surface area contributed by atoms with E-state index in [4.69, 9.17) is 0 Å². The number of fused-ring (bicyclic) bond motifs is 1. The van der Waals surface area contributed by atoms with Crippen molar-refractivity contribution in [3.63, 3.8) is 0 Å². The van der Waals surface area contributed by atoms with Crippen LogP contribution in [0, 0.1) is 0 Å². The molecular formula is C25H20F3N7O. The standard InChI is InChI=1S/C25H20F3N7O/c1-2-30-24(36)34-23-9-22(35-14-18(12-32-35)25(26,27)28)19(13-31-23)16-7-17(11-29-10-16)21-8-15-5-3-4-6-20(15)33-21/h3-14,33H,2H2,1H3,(H2,30,31,34,36). The highest BCUT2D eigenvalue weighted by Gasteiger charge is 2.32. The molecule has 5 rings (SSSR count). The lowest BCUT2D eigenvalue weighted by molar-refractivity contribution is -0.137. The lowest BCUT2D eigenvalue weighted by atomic mass is 10.0. The van der Waals surface area contributed by atoms with Gasteiger partial charge in [0.25, 0.3) is 0 Å². The Morgan fingerprint density at radius 2 is 1.86 bits per heavy atom. The van der Waals surface area contributed by atoms with Crippen LogP contribution in [-0.2, 0) is 6.18 Å². The number of alkyl halides is 3. The summed E-state index contributed by atoms with van der Waals surface area (Å²) in [6.07, 6.45) is 1.85. The maximum Gasteiger partial charge on any atom is 0.419 e. The molecule has 36 heavy (non-hydrogen) atoms. The van der Waals surface area contributed by atoms with E-state index >= 15 is 0 Å². The molecule has 0 aliphatic carbocycles. The van der Waals surface area contributed by atoms with Gasteiger partial charge in [-0.2, -0.15) is 18.3 Å². The second-order valence-electron chi connectivity index (χ2n) is 7.98. The summed E-state index contributed by atoms with van der Waals surface area (Å²) in [7, 11) is 0. The van der Waals surface area contributed by atoms with Crippen molar-refractivity contribution in [2.45, 2.75) is 13.1 Å². The number of carbonyl (C=O) groups is 1. The van der Waals surface area contributed by atoms with Gasteiger partial charge in [0, 0.05) is 70.7 Å². The number of hydrogen-bond acceptors (Lipinski definition) is 4. The monoisotopic (exact) mass is 491 g/mol. The molecule has 2 amide bonds. The van der Waals surface area contributed by atoms with Crippen molar-refractivity contribution in [2.24, 2.45) is 0 Å². The van der Waals surface area contributed by atoms with Gasteiger partial charge in [-0.1, -0.05) is 18.2 Å². The fraction of sp³-hybridized carbons (Fsp3) is 0.120. The Bertz CT molecular complexity index is 1520. The number of para-hydroxylation sites is 1. The minimum Gasteiger partial charge on any atom is -0.354 e. The summed E-state index contributed by atoms with van der Waals surface area (Å²) < 4.78 is 40.9. The summed E-state index contributed by atoms with van der Waals surface area (Å²) in [5.41, 5.74) is 3.10. The number of urea groups is 1. The number of anilines is 1. The molecule has 4 aromatic heterocycles. The van der Waals surface area contributed by atoms with Crippen LogP contribution in [-0.4, -0.2) is 37.3 Å². The Hall–Kier alpha value is -4.67. The van der Waals surface area contributed by atoms with Crippen LogP contribution < -0.4 is 10.6 Å². The number of pyridine rings is 2. The molecule has 0 saturated carbocycles. The molecule has 0 spiro atoms. The van der Waals surface area contributed by atoms with E-state index < -0.39 is 17.8 Å². The summed E-state index contributed by atoms with van der Waals surface area (Å²) in [5, 5.41) is 10.1. The van der Waals surface area contributed by atoms with E-state index in [1.54, 1.807) is 19.3 Å². The van der Waals surface area contributed by atoms with E-state index in [2.05, 4.69) is 30.7 Å². The Balaban J connectivity index is 1.59. The van der Waals surface area contributed by atoms with Gasteiger partial charge < -0.3 is 10.3 Å². The first-order chi connectivity index (χ1) is 17.3. The average Bonchev–Trinajstić information content (AvgIpc) is 3.52. The zero-order valence-corrected chi connectivity index (χ0v) is 19.0. The molecule has 182 valence electrons. The molecule has 3 N–H and O–H groups in total. The second-order valence-corrected chi connectivity index (χ2v) is 7.98. The molecule has 0 saturated heterocycles. The van der Waals surface area contributed by atoms with E-state index in [0.717, 1.165) is 39.2 Å². The Labute approximate surface area is 203 Å². The first-order valence-corrected chi connectivity index (χ1v) is 11.0. The summed E-state index contributed by atoms with van der Waals surface area (Å²) in [6, 6.07) is 12.7. The maximum absolute atomic E-state index is 13.3. The van der Waals surface area contributed by atoms with E-state index in [-0.39, 0.29) is 5.82 Å². The van der Waals surface area contributed by atoms with Crippen molar-refractivity contribution in [3.05, 3.63) is 79.0 Å². The van der Waals surface area contributed by atoms with Crippen molar-refractivity contribution >= 4 is 22.8 Å². The molecule has 0 aliphatic heterocycles. The van der Waals surface area contributed by atoms with Crippen molar-refractivity contribution in [3.8, 4) is 28.1 Å². The highest BCUT2D eigenvalue weighted by Crippen LogP contribution is 2.33. The van der Waals surface area contributed by atoms with Gasteiger partial charge in [-0.05, 0) is 25.1 Å². The molecule has 8 nitrogen and oxygen atoms in total. The van der Waals surface area contributed by atoms with Crippen molar-refractivity contribution in [2.75, 3.05) is 11.9 Å². The number of halogens is 3. The molecule has 11 heteroatoms. The van der Waals surface area contributed by atoms with Gasteiger partial charge in [-0.3, -0.25) is 10.3 Å². The molecule has 0 unspecified atom stereocenters. The van der Waals surface area contributed by atoms with Gasteiger partial charge >= 0.3 is 12.2 Å². The fourth-order valence-corrected chi connectivity index (χ4v) is 3.81. The zero-order chi connectivity index (χ0) is 25.3. The second kappa shape index (κ2) is 9.17. The van der Waals surface area contributed by atoms with Gasteiger partial charge in [0.05, 0.1) is 17.4 Å². The summed E-state index contributed by atoms with van der Waals surface area (Å²) >= 11 is 0. The maximum atomic E-state index is 13.3. The molecule has 1 aromatic carbocycles. The first-order valence-electron chi connectivity index (χ1n) is 11.0. The molecular weight excluding hydrogens is 471 g/mol. The SMILES string of the molecule is CCNC(=O)Nc1cc(-n2cc(C(F)(F)F)cn2)c(-c2cncc(-c3cc4ccccc4[nH]3)c2)cn1. The van der Waals surface area contributed by atoms with Crippen LogP contribution in [0.2, 0.25) is 0 Å². The van der Waals surface area contributed by atoms with Crippen LogP contribution in [0.15, 0.2) is 73.4 Å². The van der Waals surface area contributed by atoms with E-state index in [1.807, 2.05) is 36.4 Å². The number of aromatic amines is 1. The lowest BCUT2D eigenvalue weighted by Gasteiger charge is -2.13. The number of aromatic nitrogens is 5. The predicted octanol–water partition coefficient (Wildman–Crippen LogP) is 5.64. The number of rotatable bonds is 5. The lowest BCUT2D eigenvalue weighted by Crippen LogP contribution is -2.28. The normalized spacial score (nSPS) is 11.6. The third-order valence-electron chi connectivity index (χ3n) is 5.51. The number of hydrogen-bond donors (Lipinski definition) is 3. The molecule has 0 bridgehead atoms. The van der Waals surface area contributed by atoms with Crippen LogP contribution in [0.5, 0.6) is 0 Å². The largest absolute Gasteiger partial charge is 0.419 e. The number of amides is 2. The number of carbonyl (C=O) groups excluding carboxylic acids is 1. The van der Waals surface area contributed by atoms with Gasteiger partial charge in [-0.25, -0.2) is 14.5 Å². The van der Waals surface area contributed by atoms with Gasteiger partial charge in [0.1, 0.15) is 5.82 Å². The van der Waals surface area contributed by atoms with E-state index in [0.29, 0.717) is 23.4 Å². The predicted molar refractivity (Wildman–Crippen MR) is 130 cm³/mol. The fourth-order valence-electron chi connectivity index (χ4n) is 3.81. The highest BCUT2D eigenvalue weighted by atomic mass is 19.4. The van der Waals surface area contributed by atoms with Crippen LogP contribution in [0.1, 0.15) is 12.5 Å². The quantitative estimate of drug-likeness (QED) is 0.296. The minimum absolute atomic E-state index is 0.156. The van der Waals surface area contributed by atoms with Crippen molar-refractivity contribution in [1.82, 2.24) is 30.0 Å². The highest BCUT2D eigenvalue weighted by molar-refractivity contribution is 5.90. The number of benzene rings is 1. The van der Waals surface area contributed by atoms with Gasteiger partial charge in [0.15, 0.2) is 0 Å². The third kappa shape index (κ3) is 4.63. The summed E-state index contributed by atoms with van der Waals surface area (Å²) in [6.45, 7) is 2.16. The summed E-state index contributed by atoms with van der Waals surface area (Å²) in [5.74, 6) is 0.156.